The lowest BCUT2D eigenvalue weighted by atomic mass is 10.1. The molecule has 2 aromatic rings. The van der Waals surface area contributed by atoms with Crippen molar-refractivity contribution in [3.63, 3.8) is 0 Å². The molecule has 0 aromatic heterocycles. The molecule has 2 rings (SSSR count). The highest BCUT2D eigenvalue weighted by molar-refractivity contribution is 6.32. The molecule has 0 unspecified atom stereocenters. The average molecular weight is 376 g/mol. The second kappa shape index (κ2) is 11.1. The van der Waals surface area contributed by atoms with Crippen LogP contribution in [0.25, 0.3) is 0 Å². The molecule has 1 N–H and O–H groups in total. The van der Waals surface area contributed by atoms with Crippen LogP contribution in [0.4, 0.5) is 0 Å². The fourth-order valence-electron chi connectivity index (χ4n) is 2.78. The maximum atomic E-state index is 6.51. The van der Waals surface area contributed by atoms with Crippen LogP contribution in [0.2, 0.25) is 5.02 Å². The molecule has 0 bridgehead atoms. The molecular formula is C22H30ClNO2. The summed E-state index contributed by atoms with van der Waals surface area (Å²) in [6.07, 6.45) is 3.68. The number of halogens is 1. The Balaban J connectivity index is 2.06. The van der Waals surface area contributed by atoms with Crippen LogP contribution in [0.5, 0.6) is 11.5 Å². The van der Waals surface area contributed by atoms with E-state index in [9.17, 15) is 0 Å². The molecule has 0 heterocycles. The third kappa shape index (κ3) is 6.22. The van der Waals surface area contributed by atoms with Gasteiger partial charge in [0.15, 0.2) is 11.5 Å². The quantitative estimate of drug-likeness (QED) is 0.495. The van der Waals surface area contributed by atoms with Crippen LogP contribution in [0.1, 0.15) is 49.8 Å². The maximum absolute atomic E-state index is 6.51. The third-order valence-electron chi connectivity index (χ3n) is 4.29. The van der Waals surface area contributed by atoms with Crippen LogP contribution >= 0.6 is 11.6 Å². The zero-order chi connectivity index (χ0) is 18.8. The van der Waals surface area contributed by atoms with Gasteiger partial charge in [-0.25, -0.2) is 0 Å². The van der Waals surface area contributed by atoms with Gasteiger partial charge < -0.3 is 14.8 Å². The number of benzene rings is 2. The SMILES string of the molecule is CCCCCNCc1cc(Cl)c(OCc2ccccc2C)c(OCC)c1. The van der Waals surface area contributed by atoms with Crippen molar-refractivity contribution in [2.24, 2.45) is 0 Å². The Hall–Kier alpha value is -1.71. The van der Waals surface area contributed by atoms with Gasteiger partial charge in [0, 0.05) is 6.54 Å². The summed E-state index contributed by atoms with van der Waals surface area (Å²) in [6, 6.07) is 12.2. The molecule has 0 saturated carbocycles. The topological polar surface area (TPSA) is 30.5 Å². The molecule has 0 aliphatic carbocycles. The average Bonchev–Trinajstić information content (AvgIpc) is 2.62. The van der Waals surface area contributed by atoms with Gasteiger partial charge in [-0.2, -0.15) is 0 Å². The first-order valence-corrected chi connectivity index (χ1v) is 9.86. The number of aryl methyl sites for hydroxylation is 1. The van der Waals surface area contributed by atoms with Gasteiger partial charge in [-0.15, -0.1) is 0 Å². The van der Waals surface area contributed by atoms with E-state index in [2.05, 4.69) is 31.3 Å². The number of ether oxygens (including phenoxy) is 2. The first kappa shape index (κ1) is 20.6. The van der Waals surface area contributed by atoms with Crippen LogP contribution < -0.4 is 14.8 Å². The highest BCUT2D eigenvalue weighted by Gasteiger charge is 2.13. The van der Waals surface area contributed by atoms with E-state index in [0.29, 0.717) is 29.7 Å². The van der Waals surface area contributed by atoms with Crippen LogP contribution in [-0.4, -0.2) is 13.2 Å². The Morgan fingerprint density at radius 1 is 1.04 bits per heavy atom. The summed E-state index contributed by atoms with van der Waals surface area (Å²) in [5, 5.41) is 4.06. The smallest absolute Gasteiger partial charge is 0.180 e. The van der Waals surface area contributed by atoms with E-state index >= 15 is 0 Å². The van der Waals surface area contributed by atoms with Crippen molar-refractivity contribution in [1.29, 1.82) is 0 Å². The molecule has 4 heteroatoms. The highest BCUT2D eigenvalue weighted by Crippen LogP contribution is 2.37. The normalized spacial score (nSPS) is 10.8. The van der Waals surface area contributed by atoms with Crippen molar-refractivity contribution < 1.29 is 9.47 Å². The summed E-state index contributed by atoms with van der Waals surface area (Å²) < 4.78 is 11.8. The van der Waals surface area contributed by atoms with Crippen molar-refractivity contribution in [1.82, 2.24) is 5.32 Å². The lowest BCUT2D eigenvalue weighted by Crippen LogP contribution is -2.14. The van der Waals surface area contributed by atoms with Gasteiger partial charge in [0.2, 0.25) is 0 Å². The van der Waals surface area contributed by atoms with E-state index < -0.39 is 0 Å². The second-order valence-corrected chi connectivity index (χ2v) is 6.84. The second-order valence-electron chi connectivity index (χ2n) is 6.44. The summed E-state index contributed by atoms with van der Waals surface area (Å²) in [6.45, 7) is 9.10. The maximum Gasteiger partial charge on any atom is 0.180 e. The monoisotopic (exact) mass is 375 g/mol. The summed E-state index contributed by atoms with van der Waals surface area (Å²) in [5.41, 5.74) is 3.46. The van der Waals surface area contributed by atoms with E-state index in [1.165, 1.54) is 24.8 Å². The Labute approximate surface area is 162 Å². The highest BCUT2D eigenvalue weighted by atomic mass is 35.5. The minimum atomic E-state index is 0.473. The molecule has 0 aliphatic rings. The van der Waals surface area contributed by atoms with Gasteiger partial charge in [0.1, 0.15) is 6.61 Å². The van der Waals surface area contributed by atoms with Crippen LogP contribution in [0.15, 0.2) is 36.4 Å². The zero-order valence-corrected chi connectivity index (χ0v) is 16.9. The predicted molar refractivity (Wildman–Crippen MR) is 109 cm³/mol. The molecular weight excluding hydrogens is 346 g/mol. The summed E-state index contributed by atoms with van der Waals surface area (Å²) in [4.78, 5) is 0. The standard InChI is InChI=1S/C22H30ClNO2/c1-4-6-9-12-24-15-18-13-20(23)22(21(14-18)25-5-2)26-16-19-11-8-7-10-17(19)3/h7-8,10-11,13-14,24H,4-6,9,12,15-16H2,1-3H3. The molecule has 142 valence electrons. The first-order valence-electron chi connectivity index (χ1n) is 9.49. The van der Waals surface area contributed by atoms with Crippen molar-refractivity contribution in [2.45, 2.75) is 53.2 Å². The zero-order valence-electron chi connectivity index (χ0n) is 16.1. The Morgan fingerprint density at radius 2 is 1.85 bits per heavy atom. The fraction of sp³-hybridized carbons (Fsp3) is 0.455. The predicted octanol–water partition coefficient (Wildman–Crippen LogP) is 5.91. The van der Waals surface area contributed by atoms with E-state index in [1.807, 2.05) is 31.2 Å². The van der Waals surface area contributed by atoms with E-state index in [4.69, 9.17) is 21.1 Å². The Morgan fingerprint density at radius 3 is 2.58 bits per heavy atom. The van der Waals surface area contributed by atoms with E-state index in [-0.39, 0.29) is 0 Å². The number of unbranched alkanes of at least 4 members (excludes halogenated alkanes) is 2. The first-order chi connectivity index (χ1) is 12.7. The van der Waals surface area contributed by atoms with E-state index in [1.54, 1.807) is 0 Å². The minimum absolute atomic E-state index is 0.473. The number of hydrogen-bond donors (Lipinski definition) is 1. The number of hydrogen-bond acceptors (Lipinski definition) is 3. The van der Waals surface area contributed by atoms with Crippen LogP contribution in [0, 0.1) is 6.92 Å². The van der Waals surface area contributed by atoms with Crippen molar-refractivity contribution in [3.05, 3.63) is 58.1 Å². The minimum Gasteiger partial charge on any atom is -0.490 e. The van der Waals surface area contributed by atoms with Crippen molar-refractivity contribution in [2.75, 3.05) is 13.2 Å². The lowest BCUT2D eigenvalue weighted by Gasteiger charge is -2.16. The molecule has 0 amide bonds. The molecule has 3 nitrogen and oxygen atoms in total. The van der Waals surface area contributed by atoms with E-state index in [0.717, 1.165) is 24.2 Å². The molecule has 0 atom stereocenters. The molecule has 0 aliphatic heterocycles. The Bertz CT molecular complexity index is 688. The molecule has 0 fully saturated rings. The molecule has 0 radical (unpaired) electrons. The number of nitrogens with one attached hydrogen (secondary N) is 1. The molecule has 26 heavy (non-hydrogen) atoms. The van der Waals surface area contributed by atoms with Crippen LogP contribution in [0.3, 0.4) is 0 Å². The van der Waals surface area contributed by atoms with Gasteiger partial charge in [-0.1, -0.05) is 55.6 Å². The third-order valence-corrected chi connectivity index (χ3v) is 4.57. The van der Waals surface area contributed by atoms with Crippen molar-refractivity contribution in [3.8, 4) is 11.5 Å². The van der Waals surface area contributed by atoms with Crippen LogP contribution in [-0.2, 0) is 13.2 Å². The largest absolute Gasteiger partial charge is 0.490 e. The lowest BCUT2D eigenvalue weighted by molar-refractivity contribution is 0.269. The Kier molecular flexibility index (Phi) is 8.79. The van der Waals surface area contributed by atoms with Gasteiger partial charge in [-0.05, 0) is 55.6 Å². The van der Waals surface area contributed by atoms with Gasteiger partial charge in [0.25, 0.3) is 0 Å². The number of rotatable bonds is 11. The van der Waals surface area contributed by atoms with Crippen molar-refractivity contribution >= 4 is 11.6 Å². The molecule has 0 spiro atoms. The van der Waals surface area contributed by atoms with Gasteiger partial charge in [-0.3, -0.25) is 0 Å². The molecule has 0 saturated heterocycles. The fourth-order valence-corrected chi connectivity index (χ4v) is 3.07. The summed E-state index contributed by atoms with van der Waals surface area (Å²) in [7, 11) is 0. The van der Waals surface area contributed by atoms with Gasteiger partial charge in [0.05, 0.1) is 11.6 Å². The summed E-state index contributed by atoms with van der Waals surface area (Å²) in [5.74, 6) is 1.32. The van der Waals surface area contributed by atoms with Gasteiger partial charge >= 0.3 is 0 Å². The summed E-state index contributed by atoms with van der Waals surface area (Å²) >= 11 is 6.51. The molecule has 2 aromatic carbocycles.